The molecule has 1 aromatic heterocycles. The van der Waals surface area contributed by atoms with E-state index in [0.29, 0.717) is 32.6 Å². The van der Waals surface area contributed by atoms with Gasteiger partial charge in [-0.3, -0.25) is 0 Å². The average molecular weight is 489 g/mol. The van der Waals surface area contributed by atoms with E-state index in [9.17, 15) is 4.79 Å². The molecule has 0 aliphatic heterocycles. The maximum absolute atomic E-state index is 10.9. The van der Waals surface area contributed by atoms with E-state index in [2.05, 4.69) is 10.3 Å². The highest BCUT2D eigenvalue weighted by molar-refractivity contribution is 6.35. The van der Waals surface area contributed by atoms with Gasteiger partial charge in [-0.15, -0.1) is 0 Å². The third-order valence-electron chi connectivity index (χ3n) is 6.43. The summed E-state index contributed by atoms with van der Waals surface area (Å²) in [7, 11) is 0. The van der Waals surface area contributed by atoms with Crippen molar-refractivity contribution in [2.24, 2.45) is 0 Å². The van der Waals surface area contributed by atoms with Crippen molar-refractivity contribution in [3.63, 3.8) is 0 Å². The molecule has 7 heteroatoms. The van der Waals surface area contributed by atoms with Crippen LogP contribution in [0.3, 0.4) is 0 Å². The number of fused-ring (bicyclic) bond motifs is 1. The van der Waals surface area contributed by atoms with Gasteiger partial charge in [-0.05, 0) is 62.1 Å². The monoisotopic (exact) mass is 488 g/mol. The molecule has 2 fully saturated rings. The van der Waals surface area contributed by atoms with E-state index in [1.807, 2.05) is 0 Å². The zero-order chi connectivity index (χ0) is 23.2. The van der Waals surface area contributed by atoms with Crippen LogP contribution in [0.5, 0.6) is 0 Å². The van der Waals surface area contributed by atoms with Crippen molar-refractivity contribution in [3.05, 3.63) is 52.0 Å². The molecule has 0 spiro atoms. The minimum atomic E-state index is -1.02. The van der Waals surface area contributed by atoms with E-state index in [0.717, 1.165) is 12.1 Å². The van der Waals surface area contributed by atoms with Crippen molar-refractivity contribution in [2.45, 2.75) is 76.3 Å². The smallest absolute Gasteiger partial charge is 0.335 e. The minimum absolute atomic E-state index is 0.143. The molecule has 2 aromatic carbocycles. The number of carboxylic acid groups (broad SMARTS) is 1. The third kappa shape index (κ3) is 6.72. The Morgan fingerprint density at radius 1 is 0.879 bits per heavy atom. The minimum Gasteiger partial charge on any atom is -0.478 e. The van der Waals surface area contributed by atoms with E-state index in [1.54, 1.807) is 24.3 Å². The van der Waals surface area contributed by atoms with E-state index >= 15 is 0 Å². The molecule has 0 saturated heterocycles. The molecular formula is C26H30Cl2N2O3. The highest BCUT2D eigenvalue weighted by Gasteiger charge is 2.19. The quantitative estimate of drug-likeness (QED) is 0.392. The molecule has 1 heterocycles. The van der Waals surface area contributed by atoms with Gasteiger partial charge in [0.25, 0.3) is 0 Å². The van der Waals surface area contributed by atoms with E-state index in [-0.39, 0.29) is 5.56 Å². The summed E-state index contributed by atoms with van der Waals surface area (Å²) in [6.45, 7) is 0. The van der Waals surface area contributed by atoms with E-state index in [4.69, 9.17) is 32.7 Å². The highest BCUT2D eigenvalue weighted by atomic mass is 35.5. The molecule has 0 bridgehead atoms. The number of carbonyl (C=O) groups is 1. The van der Waals surface area contributed by atoms with Crippen LogP contribution in [0.15, 0.2) is 40.8 Å². The largest absolute Gasteiger partial charge is 0.478 e. The number of hydrogen-bond acceptors (Lipinski definition) is 4. The van der Waals surface area contributed by atoms with Gasteiger partial charge < -0.3 is 14.8 Å². The zero-order valence-electron chi connectivity index (χ0n) is 18.7. The Bertz CT molecular complexity index is 1050. The molecule has 0 unspecified atom stereocenters. The second kappa shape index (κ2) is 11.4. The van der Waals surface area contributed by atoms with Gasteiger partial charge in [-0.2, -0.15) is 0 Å². The Morgan fingerprint density at radius 2 is 1.45 bits per heavy atom. The molecule has 2 N–H and O–H groups in total. The van der Waals surface area contributed by atoms with Gasteiger partial charge in [-0.25, -0.2) is 9.78 Å². The number of nitrogens with one attached hydrogen (secondary N) is 1. The SMILES string of the molecule is C1CCC(NC2CCCCC2)CC1.O=C(O)c1ccc2nc(-c3cc(Cl)cc(Cl)c3)oc2c1. The Kier molecular flexibility index (Phi) is 8.29. The summed E-state index contributed by atoms with van der Waals surface area (Å²) in [5.74, 6) is -0.678. The first-order chi connectivity index (χ1) is 16.0. The summed E-state index contributed by atoms with van der Waals surface area (Å²) in [4.78, 5) is 15.2. The standard InChI is InChI=1S/C14H7Cl2NO3.C12H23N/c15-9-3-8(4-10(16)6-9)13-17-11-2-1-7(14(18)19)5-12(11)20-13;1-3-7-11(8-4-1)13-12-9-5-2-6-10-12/h1-6H,(H,18,19);11-13H,1-10H2. The fourth-order valence-corrected chi connectivity index (χ4v) is 5.26. The van der Waals surface area contributed by atoms with Gasteiger partial charge in [0, 0.05) is 27.7 Å². The Labute approximate surface area is 204 Å². The van der Waals surface area contributed by atoms with Gasteiger partial charge >= 0.3 is 5.97 Å². The van der Waals surface area contributed by atoms with Crippen molar-refractivity contribution in [1.82, 2.24) is 10.3 Å². The van der Waals surface area contributed by atoms with Crippen molar-refractivity contribution in [3.8, 4) is 11.5 Å². The molecular weight excluding hydrogens is 459 g/mol. The molecule has 2 aliphatic rings. The van der Waals surface area contributed by atoms with Gasteiger partial charge in [0.05, 0.1) is 5.56 Å². The fourth-order valence-electron chi connectivity index (χ4n) is 4.73. The summed E-state index contributed by atoms with van der Waals surface area (Å²) >= 11 is 11.9. The lowest BCUT2D eigenvalue weighted by atomic mass is 9.91. The van der Waals surface area contributed by atoms with Crippen molar-refractivity contribution >= 4 is 40.3 Å². The lowest BCUT2D eigenvalue weighted by molar-refractivity contribution is 0.0697. The summed E-state index contributed by atoms with van der Waals surface area (Å²) in [6.07, 6.45) is 14.6. The van der Waals surface area contributed by atoms with Gasteiger partial charge in [-0.1, -0.05) is 61.7 Å². The first-order valence-electron chi connectivity index (χ1n) is 11.8. The van der Waals surface area contributed by atoms with Gasteiger partial charge in [0.1, 0.15) is 5.52 Å². The first kappa shape index (κ1) is 24.1. The molecule has 0 radical (unpaired) electrons. The van der Waals surface area contributed by atoms with Crippen LogP contribution < -0.4 is 5.32 Å². The van der Waals surface area contributed by atoms with Crippen LogP contribution in [-0.4, -0.2) is 28.1 Å². The van der Waals surface area contributed by atoms with E-state index < -0.39 is 5.97 Å². The predicted molar refractivity (Wildman–Crippen MR) is 133 cm³/mol. The maximum atomic E-state index is 10.9. The van der Waals surface area contributed by atoms with Crippen molar-refractivity contribution < 1.29 is 14.3 Å². The number of benzene rings is 2. The Hall–Kier alpha value is -2.08. The van der Waals surface area contributed by atoms with Crippen molar-refractivity contribution in [2.75, 3.05) is 0 Å². The van der Waals surface area contributed by atoms with Crippen LogP contribution in [0.4, 0.5) is 0 Å². The van der Waals surface area contributed by atoms with Crippen LogP contribution in [0, 0.1) is 0 Å². The number of halogens is 2. The van der Waals surface area contributed by atoms with Crippen LogP contribution in [-0.2, 0) is 0 Å². The highest BCUT2D eigenvalue weighted by Crippen LogP contribution is 2.29. The summed E-state index contributed by atoms with van der Waals surface area (Å²) in [5.41, 5.74) is 1.75. The molecule has 3 aromatic rings. The molecule has 5 rings (SSSR count). The van der Waals surface area contributed by atoms with E-state index in [1.165, 1.54) is 76.3 Å². The second-order valence-electron chi connectivity index (χ2n) is 9.00. The number of aromatic carboxylic acids is 1. The number of carboxylic acids is 1. The third-order valence-corrected chi connectivity index (χ3v) is 6.86. The van der Waals surface area contributed by atoms with Gasteiger partial charge in [0.2, 0.25) is 5.89 Å². The molecule has 0 atom stereocenters. The number of aromatic nitrogens is 1. The first-order valence-corrected chi connectivity index (χ1v) is 12.6. The number of nitrogens with zero attached hydrogens (tertiary/aromatic N) is 1. The van der Waals surface area contributed by atoms with Crippen molar-refractivity contribution in [1.29, 1.82) is 0 Å². The topological polar surface area (TPSA) is 75.4 Å². The second-order valence-corrected chi connectivity index (χ2v) is 9.87. The molecule has 176 valence electrons. The molecule has 5 nitrogen and oxygen atoms in total. The number of oxazole rings is 1. The van der Waals surface area contributed by atoms with Crippen LogP contribution >= 0.6 is 23.2 Å². The molecule has 33 heavy (non-hydrogen) atoms. The zero-order valence-corrected chi connectivity index (χ0v) is 20.2. The summed E-state index contributed by atoms with van der Waals surface area (Å²) in [6, 6.07) is 11.2. The summed E-state index contributed by atoms with van der Waals surface area (Å²) in [5, 5.41) is 13.7. The average Bonchev–Trinajstić information content (AvgIpc) is 3.24. The van der Waals surface area contributed by atoms with Crippen LogP contribution in [0.1, 0.15) is 74.6 Å². The Balaban J connectivity index is 0.000000172. The molecule has 2 aliphatic carbocycles. The normalized spacial score (nSPS) is 17.5. The van der Waals surface area contributed by atoms with Crippen LogP contribution in [0.2, 0.25) is 10.0 Å². The summed E-state index contributed by atoms with van der Waals surface area (Å²) < 4.78 is 5.56. The maximum Gasteiger partial charge on any atom is 0.335 e. The number of rotatable bonds is 4. The lowest BCUT2D eigenvalue weighted by Gasteiger charge is -2.30. The van der Waals surface area contributed by atoms with Gasteiger partial charge in [0.15, 0.2) is 5.58 Å². The lowest BCUT2D eigenvalue weighted by Crippen LogP contribution is -2.40. The molecule has 0 amide bonds. The number of hydrogen-bond donors (Lipinski definition) is 2. The fraction of sp³-hybridized carbons (Fsp3) is 0.462. The molecule has 2 saturated carbocycles. The predicted octanol–water partition coefficient (Wildman–Crippen LogP) is 7.74. The van der Waals surface area contributed by atoms with Crippen LogP contribution in [0.25, 0.3) is 22.6 Å². The Morgan fingerprint density at radius 3 is 2.00 bits per heavy atom.